The molecule has 0 radical (unpaired) electrons. The van der Waals surface area contributed by atoms with Gasteiger partial charge in [0.1, 0.15) is 6.04 Å². The van der Waals surface area contributed by atoms with Crippen molar-refractivity contribution in [1.82, 2.24) is 0 Å². The lowest BCUT2D eigenvalue weighted by atomic mass is 10.1. The molecular weight excluding hydrogens is 360 g/mol. The van der Waals surface area contributed by atoms with Crippen LogP contribution in [0.5, 0.6) is 0 Å². The van der Waals surface area contributed by atoms with E-state index in [0.717, 1.165) is 17.3 Å². The van der Waals surface area contributed by atoms with Gasteiger partial charge in [0.25, 0.3) is 0 Å². The summed E-state index contributed by atoms with van der Waals surface area (Å²) >= 11 is 3.25. The van der Waals surface area contributed by atoms with Gasteiger partial charge in [0, 0.05) is 11.0 Å². The van der Waals surface area contributed by atoms with Crippen molar-refractivity contribution in [3.8, 4) is 0 Å². The molecule has 4 N–H and O–H groups in total. The Balaban J connectivity index is 2.60. The molecule has 0 heterocycles. The number of hydrogen-bond donors (Lipinski definition) is 3. The van der Waals surface area contributed by atoms with E-state index in [1.807, 2.05) is 0 Å². The molecule has 0 amide bonds. The zero-order valence-electron chi connectivity index (χ0n) is 11.5. The number of hydrogen-bond acceptors (Lipinski definition) is 4. The van der Waals surface area contributed by atoms with Gasteiger partial charge in [-0.05, 0) is 37.0 Å². The van der Waals surface area contributed by atoms with Gasteiger partial charge in [-0.2, -0.15) is 0 Å². The van der Waals surface area contributed by atoms with Crippen molar-refractivity contribution in [2.45, 2.75) is 25.3 Å². The minimum Gasteiger partial charge on any atom is -0.480 e. The van der Waals surface area contributed by atoms with Crippen LogP contribution in [0.25, 0.3) is 0 Å². The molecule has 0 aliphatic heterocycles. The maximum atomic E-state index is 11.8. The predicted molar refractivity (Wildman–Crippen MR) is 86.2 cm³/mol. The van der Waals surface area contributed by atoms with E-state index in [9.17, 15) is 13.2 Å². The molecule has 1 unspecified atom stereocenters. The van der Waals surface area contributed by atoms with Crippen LogP contribution in [0.4, 0.5) is 5.69 Å². The number of carboxylic acids is 1. The fourth-order valence-corrected chi connectivity index (χ4v) is 3.25. The Morgan fingerprint density at radius 2 is 1.90 bits per heavy atom. The SMILES string of the molecule is NC(Cc1ccc(NS(=O)(=O)CCCCBr)cc1)C(=O)O. The van der Waals surface area contributed by atoms with Crippen molar-refractivity contribution in [3.63, 3.8) is 0 Å². The number of halogens is 1. The van der Waals surface area contributed by atoms with E-state index in [4.69, 9.17) is 10.8 Å². The highest BCUT2D eigenvalue weighted by atomic mass is 79.9. The Hall–Kier alpha value is -1.12. The minimum absolute atomic E-state index is 0.0737. The van der Waals surface area contributed by atoms with Crippen LogP contribution in [-0.2, 0) is 21.2 Å². The highest BCUT2D eigenvalue weighted by Gasteiger charge is 2.13. The number of carboxylic acid groups (broad SMARTS) is 1. The molecule has 8 heteroatoms. The number of alkyl halides is 1. The van der Waals surface area contributed by atoms with Crippen molar-refractivity contribution < 1.29 is 18.3 Å². The first kappa shape index (κ1) is 17.9. The highest BCUT2D eigenvalue weighted by Crippen LogP contribution is 2.13. The molecule has 1 aromatic rings. The van der Waals surface area contributed by atoms with Gasteiger partial charge < -0.3 is 10.8 Å². The van der Waals surface area contributed by atoms with Crippen molar-refractivity contribution in [3.05, 3.63) is 29.8 Å². The lowest BCUT2D eigenvalue weighted by Crippen LogP contribution is -2.32. The molecule has 0 bridgehead atoms. The number of nitrogens with one attached hydrogen (secondary N) is 1. The maximum absolute atomic E-state index is 11.8. The van der Waals surface area contributed by atoms with Crippen LogP contribution in [0, 0.1) is 0 Å². The summed E-state index contributed by atoms with van der Waals surface area (Å²) in [5.74, 6) is -0.990. The van der Waals surface area contributed by atoms with Crippen LogP contribution in [0.2, 0.25) is 0 Å². The van der Waals surface area contributed by atoms with E-state index in [2.05, 4.69) is 20.7 Å². The summed E-state index contributed by atoms with van der Waals surface area (Å²) in [7, 11) is -3.35. The monoisotopic (exact) mass is 378 g/mol. The fourth-order valence-electron chi connectivity index (χ4n) is 1.67. The van der Waals surface area contributed by atoms with Crippen LogP contribution >= 0.6 is 15.9 Å². The molecule has 0 saturated heterocycles. The first-order valence-electron chi connectivity index (χ1n) is 6.48. The first-order chi connectivity index (χ1) is 9.84. The molecule has 0 aromatic heterocycles. The summed E-state index contributed by atoms with van der Waals surface area (Å²) in [4.78, 5) is 10.7. The summed E-state index contributed by atoms with van der Waals surface area (Å²) in [6.07, 6.45) is 1.59. The standard InChI is InChI=1S/C13H19BrN2O4S/c14-7-1-2-8-21(19,20)16-11-5-3-10(4-6-11)9-12(15)13(17)18/h3-6,12,16H,1-2,7-9,15H2,(H,17,18). The van der Waals surface area contributed by atoms with Crippen molar-refractivity contribution in [2.75, 3.05) is 15.8 Å². The lowest BCUT2D eigenvalue weighted by molar-refractivity contribution is -0.138. The van der Waals surface area contributed by atoms with Gasteiger partial charge in [-0.1, -0.05) is 28.1 Å². The molecule has 21 heavy (non-hydrogen) atoms. The summed E-state index contributed by atoms with van der Waals surface area (Å²) in [6.45, 7) is 0. The van der Waals surface area contributed by atoms with Crippen molar-refractivity contribution in [2.24, 2.45) is 5.73 Å². The quantitative estimate of drug-likeness (QED) is 0.446. The Kier molecular flexibility index (Phi) is 7.13. The molecule has 0 spiro atoms. The highest BCUT2D eigenvalue weighted by molar-refractivity contribution is 9.09. The molecular formula is C13H19BrN2O4S. The second kappa shape index (κ2) is 8.35. The number of unbranched alkanes of at least 4 members (excludes halogenated alkanes) is 1. The van der Waals surface area contributed by atoms with Crippen LogP contribution in [-0.4, -0.2) is 36.6 Å². The summed E-state index contributed by atoms with van der Waals surface area (Å²) in [5.41, 5.74) is 6.64. The summed E-state index contributed by atoms with van der Waals surface area (Å²) < 4.78 is 26.1. The smallest absolute Gasteiger partial charge is 0.320 e. The van der Waals surface area contributed by atoms with E-state index >= 15 is 0 Å². The topological polar surface area (TPSA) is 109 Å². The van der Waals surface area contributed by atoms with Gasteiger partial charge in [0.2, 0.25) is 10.0 Å². The van der Waals surface area contributed by atoms with E-state index in [1.165, 1.54) is 0 Å². The number of benzene rings is 1. The lowest BCUT2D eigenvalue weighted by Gasteiger charge is -2.10. The first-order valence-corrected chi connectivity index (χ1v) is 9.25. The molecule has 1 atom stereocenters. The Morgan fingerprint density at radius 3 is 2.43 bits per heavy atom. The number of sulfonamides is 1. The number of carbonyl (C=O) groups is 1. The van der Waals surface area contributed by atoms with Gasteiger partial charge >= 0.3 is 5.97 Å². The van der Waals surface area contributed by atoms with E-state index < -0.39 is 22.0 Å². The third kappa shape index (κ3) is 6.92. The summed E-state index contributed by atoms with van der Waals surface area (Å²) in [5, 5.41) is 9.51. The van der Waals surface area contributed by atoms with Gasteiger partial charge in [-0.25, -0.2) is 8.42 Å². The zero-order chi connectivity index (χ0) is 15.9. The third-order valence-corrected chi connectivity index (χ3v) is 4.73. The van der Waals surface area contributed by atoms with Crippen LogP contribution < -0.4 is 10.5 Å². The number of nitrogens with two attached hydrogens (primary N) is 1. The second-order valence-corrected chi connectivity index (χ2v) is 7.30. The predicted octanol–water partition coefficient (Wildman–Crippen LogP) is 1.56. The number of rotatable bonds is 9. The number of anilines is 1. The van der Waals surface area contributed by atoms with E-state index in [0.29, 0.717) is 12.1 Å². The largest absolute Gasteiger partial charge is 0.480 e. The zero-order valence-corrected chi connectivity index (χ0v) is 13.9. The average molecular weight is 379 g/mol. The molecule has 0 aliphatic carbocycles. The van der Waals surface area contributed by atoms with E-state index in [1.54, 1.807) is 24.3 Å². The van der Waals surface area contributed by atoms with Gasteiger partial charge in [0.15, 0.2) is 0 Å². The third-order valence-electron chi connectivity index (χ3n) is 2.80. The van der Waals surface area contributed by atoms with E-state index in [-0.39, 0.29) is 12.2 Å². The van der Waals surface area contributed by atoms with Gasteiger partial charge in [-0.15, -0.1) is 0 Å². The molecule has 0 aliphatic rings. The average Bonchev–Trinajstić information content (AvgIpc) is 2.40. The Labute approximate surface area is 132 Å². The Morgan fingerprint density at radius 1 is 1.29 bits per heavy atom. The minimum atomic E-state index is -3.35. The van der Waals surface area contributed by atoms with Crippen molar-refractivity contribution >= 4 is 37.6 Å². The molecule has 6 nitrogen and oxygen atoms in total. The van der Waals surface area contributed by atoms with Gasteiger partial charge in [0.05, 0.1) is 5.75 Å². The van der Waals surface area contributed by atoms with Crippen molar-refractivity contribution in [1.29, 1.82) is 0 Å². The number of aliphatic carboxylic acids is 1. The summed E-state index contributed by atoms with van der Waals surface area (Å²) in [6, 6.07) is 5.58. The normalized spacial score (nSPS) is 12.9. The molecule has 1 aromatic carbocycles. The Bertz CT molecular complexity index is 560. The molecule has 118 valence electrons. The van der Waals surface area contributed by atoms with Crippen LogP contribution in [0.1, 0.15) is 18.4 Å². The second-order valence-electron chi connectivity index (χ2n) is 4.66. The molecule has 0 saturated carbocycles. The molecule has 0 fully saturated rings. The fraction of sp³-hybridized carbons (Fsp3) is 0.462. The molecule has 1 rings (SSSR count). The van der Waals surface area contributed by atoms with Crippen LogP contribution in [0.15, 0.2) is 24.3 Å². The van der Waals surface area contributed by atoms with Gasteiger partial charge in [-0.3, -0.25) is 9.52 Å². The van der Waals surface area contributed by atoms with Crippen LogP contribution in [0.3, 0.4) is 0 Å². The maximum Gasteiger partial charge on any atom is 0.320 e.